The van der Waals surface area contributed by atoms with Crippen molar-refractivity contribution in [2.24, 2.45) is 21.5 Å². The van der Waals surface area contributed by atoms with Crippen LogP contribution in [0.1, 0.15) is 24.8 Å². The molecule has 1 heterocycles. The van der Waals surface area contributed by atoms with Gasteiger partial charge in [-0.2, -0.15) is 4.99 Å². The van der Waals surface area contributed by atoms with E-state index in [4.69, 9.17) is 11.5 Å². The molecule has 25 heavy (non-hydrogen) atoms. The Hall–Kier alpha value is -2.52. The highest BCUT2D eigenvalue weighted by molar-refractivity contribution is 5.93. The standard InChI is InChI=1S/C15H19F4N5O/c16-11-5-4-10(8-12(11)25-15(17,18)19)9-22-13(20)23-14(21)24-6-2-1-3-7-24/h4-5,8H,1-3,6-7,9H2,(H4,20,21,22,23). The summed E-state index contributed by atoms with van der Waals surface area (Å²) in [4.78, 5) is 9.80. The number of aliphatic imine (C=N–C) groups is 2. The fourth-order valence-electron chi connectivity index (χ4n) is 2.37. The molecule has 10 heteroatoms. The first-order chi connectivity index (χ1) is 11.7. The van der Waals surface area contributed by atoms with Gasteiger partial charge in [0.05, 0.1) is 6.54 Å². The van der Waals surface area contributed by atoms with Gasteiger partial charge >= 0.3 is 6.36 Å². The van der Waals surface area contributed by atoms with Crippen LogP contribution in [-0.2, 0) is 6.54 Å². The molecule has 4 N–H and O–H groups in total. The lowest BCUT2D eigenvalue weighted by molar-refractivity contribution is -0.275. The lowest BCUT2D eigenvalue weighted by atomic mass is 10.1. The molecule has 0 bridgehead atoms. The maximum Gasteiger partial charge on any atom is 0.573 e. The highest BCUT2D eigenvalue weighted by Gasteiger charge is 2.32. The molecule has 138 valence electrons. The van der Waals surface area contributed by atoms with Crippen LogP contribution in [-0.4, -0.2) is 36.3 Å². The number of benzene rings is 1. The lowest BCUT2D eigenvalue weighted by Gasteiger charge is -2.27. The van der Waals surface area contributed by atoms with E-state index < -0.39 is 17.9 Å². The normalized spacial score (nSPS) is 16.9. The molecule has 1 aliphatic heterocycles. The molecule has 0 atom stereocenters. The minimum atomic E-state index is -4.98. The first-order valence-corrected chi connectivity index (χ1v) is 7.68. The van der Waals surface area contributed by atoms with Crippen molar-refractivity contribution in [2.75, 3.05) is 13.1 Å². The van der Waals surface area contributed by atoms with Gasteiger partial charge in [0, 0.05) is 13.1 Å². The Morgan fingerprint density at radius 2 is 1.84 bits per heavy atom. The summed E-state index contributed by atoms with van der Waals surface area (Å²) < 4.78 is 53.6. The molecule has 0 aromatic heterocycles. The SMILES string of the molecule is NC(=NCc1ccc(F)c(OC(F)(F)F)c1)/N=C(\N)N1CCCCC1. The summed E-state index contributed by atoms with van der Waals surface area (Å²) in [6.45, 7) is 1.49. The summed E-state index contributed by atoms with van der Waals surface area (Å²) >= 11 is 0. The number of hydrogen-bond donors (Lipinski definition) is 2. The zero-order valence-electron chi connectivity index (χ0n) is 13.4. The maximum absolute atomic E-state index is 13.3. The molecule has 0 amide bonds. The minimum absolute atomic E-state index is 0.0862. The molecule has 1 aromatic rings. The molecule has 0 spiro atoms. The number of rotatable bonds is 3. The largest absolute Gasteiger partial charge is 0.573 e. The van der Waals surface area contributed by atoms with Crippen molar-refractivity contribution in [1.29, 1.82) is 0 Å². The Labute approximate surface area is 142 Å². The second-order valence-electron chi connectivity index (χ2n) is 5.50. The maximum atomic E-state index is 13.3. The molecule has 0 aliphatic carbocycles. The van der Waals surface area contributed by atoms with Crippen LogP contribution in [0.4, 0.5) is 17.6 Å². The van der Waals surface area contributed by atoms with E-state index in [1.807, 2.05) is 4.90 Å². The molecule has 1 saturated heterocycles. The Kier molecular flexibility index (Phi) is 6.05. The number of nitrogens with zero attached hydrogens (tertiary/aromatic N) is 3. The average Bonchev–Trinajstić information content (AvgIpc) is 2.55. The highest BCUT2D eigenvalue weighted by Crippen LogP contribution is 2.26. The predicted octanol–water partition coefficient (Wildman–Crippen LogP) is 2.34. The van der Waals surface area contributed by atoms with Gasteiger partial charge in [-0.1, -0.05) is 6.07 Å². The van der Waals surface area contributed by atoms with Gasteiger partial charge in [0.25, 0.3) is 0 Å². The molecule has 0 radical (unpaired) electrons. The Morgan fingerprint density at radius 1 is 1.16 bits per heavy atom. The van der Waals surface area contributed by atoms with Crippen LogP contribution in [0.3, 0.4) is 0 Å². The summed E-state index contributed by atoms with van der Waals surface area (Å²) in [6.07, 6.45) is -1.80. The van der Waals surface area contributed by atoms with Gasteiger partial charge < -0.3 is 21.1 Å². The first kappa shape index (κ1) is 18.8. The predicted molar refractivity (Wildman–Crippen MR) is 85.5 cm³/mol. The van der Waals surface area contributed by atoms with E-state index in [2.05, 4.69) is 14.7 Å². The van der Waals surface area contributed by atoms with E-state index in [9.17, 15) is 17.6 Å². The average molecular weight is 361 g/mol. The number of halogens is 4. The molecule has 2 rings (SSSR count). The molecule has 0 unspecified atom stereocenters. The Bertz CT molecular complexity index is 654. The minimum Gasteiger partial charge on any atom is -0.403 e. The lowest BCUT2D eigenvalue weighted by Crippen LogP contribution is -2.41. The third kappa shape index (κ3) is 6.12. The quantitative estimate of drug-likeness (QED) is 0.491. The van der Waals surface area contributed by atoms with E-state index in [-0.39, 0.29) is 24.0 Å². The molecular formula is C15H19F4N5O. The van der Waals surface area contributed by atoms with E-state index in [0.717, 1.165) is 44.5 Å². The zero-order chi connectivity index (χ0) is 18.4. The van der Waals surface area contributed by atoms with Crippen LogP contribution in [0.15, 0.2) is 28.2 Å². The van der Waals surface area contributed by atoms with Crippen molar-refractivity contribution in [3.8, 4) is 5.75 Å². The van der Waals surface area contributed by atoms with E-state index in [0.29, 0.717) is 0 Å². The van der Waals surface area contributed by atoms with Crippen molar-refractivity contribution in [1.82, 2.24) is 4.90 Å². The summed E-state index contributed by atoms with van der Waals surface area (Å²) in [5.41, 5.74) is 11.8. The molecule has 6 nitrogen and oxygen atoms in total. The zero-order valence-corrected chi connectivity index (χ0v) is 13.4. The van der Waals surface area contributed by atoms with Gasteiger partial charge in [0.2, 0.25) is 5.96 Å². The van der Waals surface area contributed by atoms with Crippen LogP contribution in [0.2, 0.25) is 0 Å². The van der Waals surface area contributed by atoms with Gasteiger partial charge in [-0.15, -0.1) is 13.2 Å². The van der Waals surface area contributed by atoms with Crippen molar-refractivity contribution in [3.63, 3.8) is 0 Å². The number of alkyl halides is 3. The molecule has 0 saturated carbocycles. The van der Waals surface area contributed by atoms with E-state index in [1.54, 1.807) is 0 Å². The van der Waals surface area contributed by atoms with Crippen molar-refractivity contribution < 1.29 is 22.3 Å². The van der Waals surface area contributed by atoms with Gasteiger partial charge in [0.1, 0.15) is 0 Å². The summed E-state index contributed by atoms with van der Waals surface area (Å²) in [5.74, 6) is -1.90. The fourth-order valence-corrected chi connectivity index (χ4v) is 2.37. The summed E-state index contributed by atoms with van der Waals surface area (Å²) in [6, 6.07) is 3.07. The summed E-state index contributed by atoms with van der Waals surface area (Å²) in [5, 5.41) is 0. The number of piperidine rings is 1. The Balaban J connectivity index is 2.03. The second kappa shape index (κ2) is 8.04. The van der Waals surface area contributed by atoms with Crippen LogP contribution < -0.4 is 16.2 Å². The van der Waals surface area contributed by atoms with Crippen LogP contribution >= 0.6 is 0 Å². The van der Waals surface area contributed by atoms with Crippen molar-refractivity contribution >= 4 is 11.9 Å². The number of guanidine groups is 2. The molecule has 1 fully saturated rings. The van der Waals surface area contributed by atoms with Crippen LogP contribution in [0.5, 0.6) is 5.75 Å². The van der Waals surface area contributed by atoms with Gasteiger partial charge in [0.15, 0.2) is 17.5 Å². The smallest absolute Gasteiger partial charge is 0.403 e. The van der Waals surface area contributed by atoms with Gasteiger partial charge in [-0.3, -0.25) is 0 Å². The third-order valence-corrected chi connectivity index (χ3v) is 3.55. The fraction of sp³-hybridized carbons (Fsp3) is 0.467. The molecular weight excluding hydrogens is 342 g/mol. The van der Waals surface area contributed by atoms with Crippen LogP contribution in [0.25, 0.3) is 0 Å². The monoisotopic (exact) mass is 361 g/mol. The second-order valence-corrected chi connectivity index (χ2v) is 5.50. The number of likely N-dealkylation sites (tertiary alicyclic amines) is 1. The number of hydrogen-bond acceptors (Lipinski definition) is 2. The summed E-state index contributed by atoms with van der Waals surface area (Å²) in [7, 11) is 0. The van der Waals surface area contributed by atoms with E-state index >= 15 is 0 Å². The number of nitrogens with two attached hydrogens (primary N) is 2. The first-order valence-electron chi connectivity index (χ1n) is 7.68. The number of ether oxygens (including phenoxy) is 1. The van der Waals surface area contributed by atoms with Crippen molar-refractivity contribution in [2.45, 2.75) is 32.2 Å². The molecule has 1 aromatic carbocycles. The highest BCUT2D eigenvalue weighted by atomic mass is 19.4. The third-order valence-electron chi connectivity index (χ3n) is 3.55. The van der Waals surface area contributed by atoms with Crippen molar-refractivity contribution in [3.05, 3.63) is 29.6 Å². The molecule has 1 aliphatic rings. The van der Waals surface area contributed by atoms with Gasteiger partial charge in [-0.25, -0.2) is 9.38 Å². The van der Waals surface area contributed by atoms with Crippen LogP contribution in [0, 0.1) is 5.82 Å². The van der Waals surface area contributed by atoms with E-state index in [1.165, 1.54) is 6.07 Å². The topological polar surface area (TPSA) is 89.2 Å². The van der Waals surface area contributed by atoms with Gasteiger partial charge in [-0.05, 0) is 37.0 Å². The Morgan fingerprint density at radius 3 is 2.48 bits per heavy atom.